The quantitative estimate of drug-likeness (QED) is 0.690. The van der Waals surface area contributed by atoms with Crippen LogP contribution in [0.25, 0.3) is 0 Å². The van der Waals surface area contributed by atoms with Gasteiger partial charge in [-0.15, -0.1) is 0 Å². The van der Waals surface area contributed by atoms with Gasteiger partial charge in [0.05, 0.1) is 0 Å². The Morgan fingerprint density at radius 2 is 1.91 bits per heavy atom. The summed E-state index contributed by atoms with van der Waals surface area (Å²) in [7, 11) is 0. The average molecular weight is 150 g/mol. The van der Waals surface area contributed by atoms with Crippen LogP contribution in [-0.4, -0.2) is 10.9 Å². The molecule has 0 aromatic heterocycles. The fourth-order valence-electron chi connectivity index (χ4n) is 0.870. The smallest absolute Gasteiger partial charge is 0.162 e. The Bertz CT molecular complexity index is 241. The van der Waals surface area contributed by atoms with Crippen LogP contribution in [0.4, 0.5) is 0 Å². The maximum absolute atomic E-state index is 10.7. The number of aliphatic hydroxyl groups is 1. The van der Waals surface area contributed by atoms with E-state index in [0.29, 0.717) is 5.56 Å². The zero-order chi connectivity index (χ0) is 8.27. The molecule has 2 heteroatoms. The van der Waals surface area contributed by atoms with Crippen LogP contribution in [0.2, 0.25) is 0 Å². The number of Topliss-reactive ketones (excluding diaryl/α,β-unsaturated/α-hetero) is 1. The molecule has 0 aliphatic rings. The number of ketones is 1. The number of carbonyl (C=O) groups is 1. The topological polar surface area (TPSA) is 37.3 Å². The molecule has 58 valence electrons. The minimum Gasteiger partial charge on any atom is -0.381 e. The predicted octanol–water partition coefficient (Wildman–Crippen LogP) is 1.31. The highest BCUT2D eigenvalue weighted by Gasteiger charge is 2.10. The predicted molar refractivity (Wildman–Crippen MR) is 42.1 cm³/mol. The molecule has 0 aliphatic heterocycles. The number of carbonyl (C=O) groups excluding carboxylic acids is 1. The van der Waals surface area contributed by atoms with E-state index in [1.165, 1.54) is 6.92 Å². The molecule has 1 aromatic carbocycles. The monoisotopic (exact) mass is 150 g/mol. The molecule has 0 spiro atoms. The van der Waals surface area contributed by atoms with Crippen LogP contribution in [0, 0.1) is 0 Å². The summed E-state index contributed by atoms with van der Waals surface area (Å²) in [5.41, 5.74) is 0.653. The summed E-state index contributed by atoms with van der Waals surface area (Å²) in [5.74, 6) is -0.226. The molecule has 2 nitrogen and oxygen atoms in total. The number of aliphatic hydroxyl groups excluding tert-OH is 1. The summed E-state index contributed by atoms with van der Waals surface area (Å²) in [4.78, 5) is 10.7. The molecule has 0 bridgehead atoms. The summed E-state index contributed by atoms with van der Waals surface area (Å²) in [5, 5.41) is 9.25. The van der Waals surface area contributed by atoms with E-state index >= 15 is 0 Å². The van der Waals surface area contributed by atoms with Crippen LogP contribution in [0.15, 0.2) is 30.3 Å². The Morgan fingerprint density at radius 1 is 1.36 bits per heavy atom. The van der Waals surface area contributed by atoms with Crippen molar-refractivity contribution in [3.8, 4) is 0 Å². The Labute approximate surface area is 65.5 Å². The molecule has 0 radical (unpaired) electrons. The SMILES string of the molecule is CC(=O)C(O)c1ccccc1. The Balaban J connectivity index is 2.85. The lowest BCUT2D eigenvalue weighted by atomic mass is 10.1. The normalized spacial score (nSPS) is 12.5. The summed E-state index contributed by atoms with van der Waals surface area (Å²) in [6, 6.07) is 8.89. The van der Waals surface area contributed by atoms with Gasteiger partial charge in [0.25, 0.3) is 0 Å². The van der Waals surface area contributed by atoms with Crippen molar-refractivity contribution < 1.29 is 9.90 Å². The lowest BCUT2D eigenvalue weighted by Gasteiger charge is -2.04. The van der Waals surface area contributed by atoms with Gasteiger partial charge in [0.15, 0.2) is 5.78 Å². The molecule has 1 N–H and O–H groups in total. The van der Waals surface area contributed by atoms with Gasteiger partial charge in [-0.3, -0.25) is 4.79 Å². The van der Waals surface area contributed by atoms with E-state index in [2.05, 4.69) is 0 Å². The number of benzene rings is 1. The maximum Gasteiger partial charge on any atom is 0.162 e. The Hall–Kier alpha value is -1.15. The van der Waals surface area contributed by atoms with E-state index < -0.39 is 6.10 Å². The molecule has 11 heavy (non-hydrogen) atoms. The highest BCUT2D eigenvalue weighted by atomic mass is 16.3. The van der Waals surface area contributed by atoms with E-state index in [4.69, 9.17) is 0 Å². The average Bonchev–Trinajstić information content (AvgIpc) is 2.05. The molecule has 0 aliphatic carbocycles. The molecule has 1 unspecified atom stereocenters. The van der Waals surface area contributed by atoms with Crippen LogP contribution < -0.4 is 0 Å². The lowest BCUT2D eigenvalue weighted by Crippen LogP contribution is -2.06. The van der Waals surface area contributed by atoms with Crippen molar-refractivity contribution in [1.82, 2.24) is 0 Å². The number of hydrogen-bond donors (Lipinski definition) is 1. The third-order valence-corrected chi connectivity index (χ3v) is 1.50. The first kappa shape index (κ1) is 7.95. The first-order valence-corrected chi connectivity index (χ1v) is 3.45. The highest BCUT2D eigenvalue weighted by Crippen LogP contribution is 2.11. The number of hydrogen-bond acceptors (Lipinski definition) is 2. The molecular formula is C9H10O2. The third kappa shape index (κ3) is 1.88. The molecule has 1 atom stereocenters. The van der Waals surface area contributed by atoms with E-state index in [1.807, 2.05) is 6.07 Å². The van der Waals surface area contributed by atoms with E-state index in [9.17, 15) is 9.90 Å². The lowest BCUT2D eigenvalue weighted by molar-refractivity contribution is -0.125. The van der Waals surface area contributed by atoms with Crippen molar-refractivity contribution in [3.05, 3.63) is 35.9 Å². The van der Waals surface area contributed by atoms with Crippen molar-refractivity contribution in [2.24, 2.45) is 0 Å². The second-order valence-corrected chi connectivity index (χ2v) is 2.42. The van der Waals surface area contributed by atoms with Gasteiger partial charge in [0.2, 0.25) is 0 Å². The van der Waals surface area contributed by atoms with Crippen molar-refractivity contribution in [1.29, 1.82) is 0 Å². The van der Waals surface area contributed by atoms with Crippen LogP contribution in [0.5, 0.6) is 0 Å². The second kappa shape index (κ2) is 3.30. The Morgan fingerprint density at radius 3 is 2.36 bits per heavy atom. The van der Waals surface area contributed by atoms with Crippen LogP contribution in [-0.2, 0) is 4.79 Å². The van der Waals surface area contributed by atoms with Gasteiger partial charge in [0.1, 0.15) is 6.10 Å². The molecule has 1 aromatic rings. The standard InChI is InChI=1S/C9H10O2/c1-7(10)9(11)8-5-3-2-4-6-8/h2-6,9,11H,1H3. The molecular weight excluding hydrogens is 140 g/mol. The summed E-state index contributed by atoms with van der Waals surface area (Å²) in [6.07, 6.45) is -0.962. The summed E-state index contributed by atoms with van der Waals surface area (Å²) >= 11 is 0. The van der Waals surface area contributed by atoms with Gasteiger partial charge in [0, 0.05) is 0 Å². The third-order valence-electron chi connectivity index (χ3n) is 1.50. The van der Waals surface area contributed by atoms with Crippen LogP contribution in [0.3, 0.4) is 0 Å². The van der Waals surface area contributed by atoms with E-state index in [1.54, 1.807) is 24.3 Å². The van der Waals surface area contributed by atoms with Crippen LogP contribution >= 0.6 is 0 Å². The number of rotatable bonds is 2. The zero-order valence-electron chi connectivity index (χ0n) is 6.32. The molecule has 0 saturated heterocycles. The highest BCUT2D eigenvalue weighted by molar-refractivity contribution is 5.81. The first-order valence-electron chi connectivity index (χ1n) is 3.45. The fourth-order valence-corrected chi connectivity index (χ4v) is 0.870. The van der Waals surface area contributed by atoms with Gasteiger partial charge >= 0.3 is 0 Å². The van der Waals surface area contributed by atoms with E-state index in [-0.39, 0.29) is 5.78 Å². The van der Waals surface area contributed by atoms with Crippen molar-refractivity contribution in [2.75, 3.05) is 0 Å². The zero-order valence-corrected chi connectivity index (χ0v) is 6.32. The van der Waals surface area contributed by atoms with Crippen molar-refractivity contribution in [3.63, 3.8) is 0 Å². The van der Waals surface area contributed by atoms with E-state index in [0.717, 1.165) is 0 Å². The van der Waals surface area contributed by atoms with Gasteiger partial charge in [-0.2, -0.15) is 0 Å². The first-order chi connectivity index (χ1) is 5.22. The largest absolute Gasteiger partial charge is 0.381 e. The Kier molecular flexibility index (Phi) is 2.39. The van der Waals surface area contributed by atoms with Gasteiger partial charge < -0.3 is 5.11 Å². The van der Waals surface area contributed by atoms with Gasteiger partial charge in [-0.25, -0.2) is 0 Å². The van der Waals surface area contributed by atoms with Gasteiger partial charge in [-0.1, -0.05) is 30.3 Å². The van der Waals surface area contributed by atoms with Gasteiger partial charge in [-0.05, 0) is 12.5 Å². The van der Waals surface area contributed by atoms with Crippen molar-refractivity contribution in [2.45, 2.75) is 13.0 Å². The minimum absolute atomic E-state index is 0.226. The summed E-state index contributed by atoms with van der Waals surface area (Å²) < 4.78 is 0. The minimum atomic E-state index is -0.962. The molecule has 0 amide bonds. The molecule has 0 saturated carbocycles. The van der Waals surface area contributed by atoms with Crippen molar-refractivity contribution >= 4 is 5.78 Å². The fraction of sp³-hybridized carbons (Fsp3) is 0.222. The second-order valence-electron chi connectivity index (χ2n) is 2.42. The molecule has 1 rings (SSSR count). The van der Waals surface area contributed by atoms with Crippen LogP contribution in [0.1, 0.15) is 18.6 Å². The summed E-state index contributed by atoms with van der Waals surface area (Å²) in [6.45, 7) is 1.37. The maximum atomic E-state index is 10.7. The molecule has 0 heterocycles. The molecule has 0 fully saturated rings.